The van der Waals surface area contributed by atoms with Crippen molar-refractivity contribution in [1.29, 1.82) is 0 Å². The van der Waals surface area contributed by atoms with Crippen LogP contribution in [-0.4, -0.2) is 35.1 Å². The Morgan fingerprint density at radius 3 is 2.90 bits per heavy atom. The third kappa shape index (κ3) is 3.54. The summed E-state index contributed by atoms with van der Waals surface area (Å²) in [5.41, 5.74) is -0.353. The topological polar surface area (TPSA) is 106 Å². The molecular weight excluding hydrogens is 303 g/mol. The quantitative estimate of drug-likeness (QED) is 0.512. The predicted molar refractivity (Wildman–Crippen MR) is 75.2 cm³/mol. The molecule has 1 aromatic carbocycles. The van der Waals surface area contributed by atoms with E-state index in [2.05, 4.69) is 20.3 Å². The first-order chi connectivity index (χ1) is 10.0. The van der Waals surface area contributed by atoms with Crippen LogP contribution >= 0.6 is 11.8 Å². The van der Waals surface area contributed by atoms with Gasteiger partial charge in [0.2, 0.25) is 11.7 Å². The van der Waals surface area contributed by atoms with Gasteiger partial charge < -0.3 is 10.1 Å². The summed E-state index contributed by atoms with van der Waals surface area (Å²) in [4.78, 5) is 21.0. The zero-order chi connectivity index (χ0) is 15.4. The second-order valence-corrected chi connectivity index (χ2v) is 4.76. The Balaban J connectivity index is 2.24. The molecule has 10 heteroatoms. The molecule has 0 aromatic heterocycles. The first-order valence-corrected chi connectivity index (χ1v) is 6.55. The van der Waals surface area contributed by atoms with Crippen LogP contribution in [-0.2, 0) is 4.79 Å². The fourth-order valence-corrected chi connectivity index (χ4v) is 2.17. The fraction of sp³-hybridized carbons (Fsp3) is 0.182. The zero-order valence-corrected chi connectivity index (χ0v) is 11.5. The first-order valence-electron chi connectivity index (χ1n) is 5.57. The summed E-state index contributed by atoms with van der Waals surface area (Å²) in [6.07, 6.45) is 1.15. The van der Waals surface area contributed by atoms with Crippen LogP contribution in [0.4, 0.5) is 10.1 Å². The van der Waals surface area contributed by atoms with Crippen molar-refractivity contribution >= 4 is 34.7 Å². The van der Waals surface area contributed by atoms with Gasteiger partial charge in [0.05, 0.1) is 24.0 Å². The van der Waals surface area contributed by atoms with Gasteiger partial charge in [0.15, 0.2) is 11.0 Å². The van der Waals surface area contributed by atoms with Gasteiger partial charge in [0, 0.05) is 11.6 Å². The number of nitro groups is 1. The smallest absolute Gasteiger partial charge is 0.314 e. The van der Waals surface area contributed by atoms with Gasteiger partial charge in [-0.2, -0.15) is 5.10 Å². The lowest BCUT2D eigenvalue weighted by Gasteiger charge is -2.03. The average Bonchev–Trinajstić information content (AvgIpc) is 2.83. The van der Waals surface area contributed by atoms with E-state index >= 15 is 0 Å². The predicted octanol–water partition coefficient (Wildman–Crippen LogP) is 1.30. The van der Waals surface area contributed by atoms with Crippen molar-refractivity contribution in [3.8, 4) is 5.75 Å². The Morgan fingerprint density at radius 1 is 1.57 bits per heavy atom. The van der Waals surface area contributed by atoms with Crippen LogP contribution in [0, 0.1) is 15.9 Å². The molecule has 1 amide bonds. The number of amidine groups is 1. The second-order valence-electron chi connectivity index (χ2n) is 3.80. The van der Waals surface area contributed by atoms with Gasteiger partial charge in [-0.05, 0) is 6.07 Å². The highest BCUT2D eigenvalue weighted by atomic mass is 32.2. The highest BCUT2D eigenvalue weighted by molar-refractivity contribution is 8.15. The van der Waals surface area contributed by atoms with Crippen LogP contribution in [0.3, 0.4) is 0 Å². The summed E-state index contributed by atoms with van der Waals surface area (Å²) in [6, 6.07) is 2.15. The lowest BCUT2D eigenvalue weighted by Crippen LogP contribution is -2.19. The molecule has 0 unspecified atom stereocenters. The standard InChI is InChI=1S/C11H9FN4O4S/c1-20-10-7(12)2-6(3-8(10)16(18)19)4-13-15-11-14-9(17)5-21-11/h2-4H,5H2,1H3,(H,14,15,17). The largest absolute Gasteiger partial charge is 0.488 e. The van der Waals surface area contributed by atoms with E-state index in [4.69, 9.17) is 0 Å². The van der Waals surface area contributed by atoms with Gasteiger partial charge in [0.1, 0.15) is 0 Å². The number of nitrogens with one attached hydrogen (secondary N) is 1. The molecule has 1 N–H and O–H groups in total. The number of nitro benzene ring substituents is 1. The Labute approximate surface area is 122 Å². The van der Waals surface area contributed by atoms with Crippen LogP contribution in [0.25, 0.3) is 0 Å². The van der Waals surface area contributed by atoms with Gasteiger partial charge in [0.25, 0.3) is 0 Å². The van der Waals surface area contributed by atoms with E-state index in [0.717, 1.165) is 25.5 Å². The van der Waals surface area contributed by atoms with Gasteiger partial charge in [-0.3, -0.25) is 14.9 Å². The van der Waals surface area contributed by atoms with Crippen LogP contribution in [0.15, 0.2) is 22.3 Å². The number of hydrogen-bond donors (Lipinski definition) is 1. The molecule has 0 bridgehead atoms. The van der Waals surface area contributed by atoms with E-state index in [9.17, 15) is 19.3 Å². The summed E-state index contributed by atoms with van der Waals surface area (Å²) in [5, 5.41) is 21.0. The molecule has 8 nitrogen and oxygen atoms in total. The molecule has 110 valence electrons. The maximum atomic E-state index is 13.7. The highest BCUT2D eigenvalue weighted by Gasteiger charge is 2.20. The number of carbonyl (C=O) groups excluding carboxylic acids is 1. The molecule has 1 aliphatic heterocycles. The van der Waals surface area contributed by atoms with Gasteiger partial charge in [-0.1, -0.05) is 11.8 Å². The molecule has 0 atom stereocenters. The number of benzene rings is 1. The monoisotopic (exact) mass is 312 g/mol. The average molecular weight is 312 g/mol. The van der Waals surface area contributed by atoms with E-state index in [1.54, 1.807) is 0 Å². The molecule has 0 saturated carbocycles. The van der Waals surface area contributed by atoms with Crippen LogP contribution in [0.1, 0.15) is 5.56 Å². The van der Waals surface area contributed by atoms with Crippen molar-refractivity contribution < 1.29 is 18.8 Å². The van der Waals surface area contributed by atoms with Crippen LogP contribution in [0.5, 0.6) is 5.75 Å². The number of halogens is 1. The molecule has 1 fully saturated rings. The molecule has 21 heavy (non-hydrogen) atoms. The molecular formula is C11H9FN4O4S. The van der Waals surface area contributed by atoms with Crippen LogP contribution < -0.4 is 10.1 Å². The highest BCUT2D eigenvalue weighted by Crippen LogP contribution is 2.30. The summed E-state index contributed by atoms with van der Waals surface area (Å²) in [5.74, 6) is -1.23. The normalized spacial score (nSPS) is 16.5. The second kappa shape index (κ2) is 6.31. The number of methoxy groups -OCH3 is 1. The van der Waals surface area contributed by atoms with Crippen molar-refractivity contribution in [3.63, 3.8) is 0 Å². The van der Waals surface area contributed by atoms with E-state index in [1.807, 2.05) is 0 Å². The maximum Gasteiger partial charge on any atom is 0.314 e. The third-order valence-electron chi connectivity index (χ3n) is 2.39. The molecule has 1 saturated heterocycles. The molecule has 2 rings (SSSR count). The van der Waals surface area contributed by atoms with Gasteiger partial charge >= 0.3 is 5.69 Å². The molecule has 0 spiro atoms. The van der Waals surface area contributed by atoms with E-state index < -0.39 is 22.2 Å². The van der Waals surface area contributed by atoms with Gasteiger partial charge in [-0.25, -0.2) is 4.39 Å². The van der Waals surface area contributed by atoms with Gasteiger partial charge in [-0.15, -0.1) is 5.10 Å². The Kier molecular flexibility index (Phi) is 4.48. The van der Waals surface area contributed by atoms with Crippen molar-refractivity contribution in [2.45, 2.75) is 0 Å². The number of nitrogens with zero attached hydrogens (tertiary/aromatic N) is 3. The van der Waals surface area contributed by atoms with E-state index in [-0.39, 0.29) is 17.2 Å². The van der Waals surface area contributed by atoms with Crippen molar-refractivity contribution in [2.75, 3.05) is 12.9 Å². The number of carbonyl (C=O) groups is 1. The summed E-state index contributed by atoms with van der Waals surface area (Å²) < 4.78 is 18.3. The summed E-state index contributed by atoms with van der Waals surface area (Å²) in [7, 11) is 1.14. The fourth-order valence-electron chi connectivity index (χ4n) is 1.54. The number of amides is 1. The lowest BCUT2D eigenvalue weighted by atomic mass is 10.2. The molecule has 0 aliphatic carbocycles. The lowest BCUT2D eigenvalue weighted by molar-refractivity contribution is -0.386. The summed E-state index contributed by atoms with van der Waals surface area (Å²) >= 11 is 1.18. The minimum Gasteiger partial charge on any atom is -0.488 e. The van der Waals surface area contributed by atoms with E-state index in [0.29, 0.717) is 5.17 Å². The third-order valence-corrected chi connectivity index (χ3v) is 3.25. The maximum absolute atomic E-state index is 13.7. The molecule has 0 radical (unpaired) electrons. The molecule has 1 aliphatic rings. The molecule has 1 heterocycles. The van der Waals surface area contributed by atoms with Crippen molar-refractivity contribution in [3.05, 3.63) is 33.6 Å². The summed E-state index contributed by atoms with van der Waals surface area (Å²) in [6.45, 7) is 0. The Bertz CT molecular complexity index is 662. The molecule has 1 aromatic rings. The minimum atomic E-state index is -0.871. The number of rotatable bonds is 4. The number of ether oxygens (including phenoxy) is 1. The SMILES string of the molecule is COc1c(F)cc(C=NN=C2NC(=O)CS2)cc1[N+](=O)[O-]. The number of hydrogen-bond acceptors (Lipinski definition) is 7. The van der Waals surface area contributed by atoms with Crippen molar-refractivity contribution in [2.24, 2.45) is 10.2 Å². The first kappa shape index (κ1) is 14.9. The Hall–Kier alpha value is -2.49. The Morgan fingerprint density at radius 2 is 2.33 bits per heavy atom. The zero-order valence-electron chi connectivity index (χ0n) is 10.7. The van der Waals surface area contributed by atoms with Crippen LogP contribution in [0.2, 0.25) is 0 Å². The van der Waals surface area contributed by atoms with Crippen molar-refractivity contribution in [1.82, 2.24) is 5.32 Å². The minimum absolute atomic E-state index is 0.152. The van der Waals surface area contributed by atoms with E-state index in [1.165, 1.54) is 11.8 Å². The number of thioether (sulfide) groups is 1.